The molecular formula is C13H18F3N3O3S. The molecule has 0 atom stereocenters. The van der Waals surface area contributed by atoms with Gasteiger partial charge in [0.1, 0.15) is 6.10 Å². The van der Waals surface area contributed by atoms with E-state index < -0.39 is 28.4 Å². The van der Waals surface area contributed by atoms with E-state index in [1.165, 1.54) is 18.6 Å². The van der Waals surface area contributed by atoms with Gasteiger partial charge in [0, 0.05) is 18.4 Å². The Kier molecular flexibility index (Phi) is 5.79. The first-order valence-electron chi connectivity index (χ1n) is 7.23. The molecule has 10 heteroatoms. The van der Waals surface area contributed by atoms with E-state index in [0.29, 0.717) is 31.6 Å². The average Bonchev–Trinajstić information content (AvgIpc) is 2.48. The lowest BCUT2D eigenvalue weighted by Gasteiger charge is -2.29. The molecule has 1 aliphatic rings. The highest BCUT2D eigenvalue weighted by Gasteiger charge is 2.31. The van der Waals surface area contributed by atoms with Gasteiger partial charge in [-0.05, 0) is 25.7 Å². The minimum absolute atomic E-state index is 0.0948. The number of ether oxygens (including phenoxy) is 1. The zero-order valence-electron chi connectivity index (χ0n) is 12.3. The van der Waals surface area contributed by atoms with Crippen LogP contribution >= 0.6 is 0 Å². The fourth-order valence-electron chi connectivity index (χ4n) is 2.38. The van der Waals surface area contributed by atoms with Crippen LogP contribution in [0.3, 0.4) is 0 Å². The van der Waals surface area contributed by atoms with Gasteiger partial charge in [0.15, 0.2) is 0 Å². The second-order valence-electron chi connectivity index (χ2n) is 5.44. The van der Waals surface area contributed by atoms with Gasteiger partial charge >= 0.3 is 6.18 Å². The van der Waals surface area contributed by atoms with Crippen LogP contribution in [0.2, 0.25) is 0 Å². The predicted molar refractivity (Wildman–Crippen MR) is 76.3 cm³/mol. The summed E-state index contributed by atoms with van der Waals surface area (Å²) < 4.78 is 67.6. The molecule has 0 unspecified atom stereocenters. The van der Waals surface area contributed by atoms with Crippen molar-refractivity contribution in [2.24, 2.45) is 0 Å². The van der Waals surface area contributed by atoms with E-state index in [1.807, 2.05) is 0 Å². The van der Waals surface area contributed by atoms with Crippen molar-refractivity contribution in [1.82, 2.24) is 14.7 Å². The Balaban J connectivity index is 1.76. The maximum atomic E-state index is 12.1. The minimum Gasteiger partial charge on any atom is -0.473 e. The molecule has 1 aliphatic carbocycles. The van der Waals surface area contributed by atoms with Gasteiger partial charge in [-0.15, -0.1) is 0 Å². The van der Waals surface area contributed by atoms with Crippen LogP contribution in [0.5, 0.6) is 5.88 Å². The Morgan fingerprint density at radius 3 is 2.48 bits per heavy atom. The lowest BCUT2D eigenvalue weighted by atomic mass is 9.94. The SMILES string of the molecule is O=S(=O)(CCC(F)(F)F)NC1CCC(Oc2cnccn2)CC1. The molecule has 1 heterocycles. The first-order valence-corrected chi connectivity index (χ1v) is 8.88. The van der Waals surface area contributed by atoms with Gasteiger partial charge in [0.25, 0.3) is 0 Å². The van der Waals surface area contributed by atoms with E-state index in [9.17, 15) is 21.6 Å². The van der Waals surface area contributed by atoms with E-state index in [1.54, 1.807) is 0 Å². The monoisotopic (exact) mass is 353 g/mol. The molecule has 1 aromatic heterocycles. The number of nitrogens with zero attached hydrogens (tertiary/aromatic N) is 2. The molecule has 0 aliphatic heterocycles. The largest absolute Gasteiger partial charge is 0.473 e. The lowest BCUT2D eigenvalue weighted by Crippen LogP contribution is -2.41. The summed E-state index contributed by atoms with van der Waals surface area (Å²) in [4.78, 5) is 7.88. The van der Waals surface area contributed by atoms with E-state index in [2.05, 4.69) is 14.7 Å². The van der Waals surface area contributed by atoms with E-state index in [-0.39, 0.29) is 12.1 Å². The van der Waals surface area contributed by atoms with Gasteiger partial charge in [-0.3, -0.25) is 4.98 Å². The summed E-state index contributed by atoms with van der Waals surface area (Å²) in [6.45, 7) is 0. The molecule has 6 nitrogen and oxygen atoms in total. The van der Waals surface area contributed by atoms with Gasteiger partial charge in [0.2, 0.25) is 15.9 Å². The molecule has 1 fully saturated rings. The molecule has 0 saturated heterocycles. The number of hydrogen-bond acceptors (Lipinski definition) is 5. The maximum Gasteiger partial charge on any atom is 0.390 e. The highest BCUT2D eigenvalue weighted by molar-refractivity contribution is 7.89. The van der Waals surface area contributed by atoms with Gasteiger partial charge < -0.3 is 4.74 Å². The fraction of sp³-hybridized carbons (Fsp3) is 0.692. The van der Waals surface area contributed by atoms with Crippen LogP contribution in [0.25, 0.3) is 0 Å². The van der Waals surface area contributed by atoms with Crippen LogP contribution in [0.1, 0.15) is 32.1 Å². The topological polar surface area (TPSA) is 81.2 Å². The number of nitrogens with one attached hydrogen (secondary N) is 1. The summed E-state index contributed by atoms with van der Waals surface area (Å²) in [6.07, 6.45) is 0.840. The molecule has 0 spiro atoms. The summed E-state index contributed by atoms with van der Waals surface area (Å²) in [5.41, 5.74) is 0. The minimum atomic E-state index is -4.48. The van der Waals surface area contributed by atoms with Crippen molar-refractivity contribution in [3.05, 3.63) is 18.6 Å². The third-order valence-electron chi connectivity index (χ3n) is 3.50. The molecule has 1 N–H and O–H groups in total. The Hall–Kier alpha value is -1.42. The standard InChI is InChI=1S/C13H18F3N3O3S/c14-13(15,16)5-8-23(20,21)19-10-1-3-11(4-2-10)22-12-9-17-6-7-18-12/h6-7,9-11,19H,1-5,8H2. The summed E-state index contributed by atoms with van der Waals surface area (Å²) in [6, 6.07) is -0.352. The van der Waals surface area contributed by atoms with E-state index >= 15 is 0 Å². The predicted octanol–water partition coefficient (Wildman–Crippen LogP) is 2.04. The first kappa shape index (κ1) is 17.9. The number of sulfonamides is 1. The molecule has 130 valence electrons. The summed E-state index contributed by atoms with van der Waals surface area (Å²) >= 11 is 0. The summed E-state index contributed by atoms with van der Waals surface area (Å²) in [5.74, 6) is -0.534. The van der Waals surface area contributed by atoms with Crippen LogP contribution in [0.15, 0.2) is 18.6 Å². The molecule has 2 rings (SSSR count). The van der Waals surface area contributed by atoms with Gasteiger partial charge in [-0.25, -0.2) is 18.1 Å². The van der Waals surface area contributed by atoms with Crippen molar-refractivity contribution in [2.75, 3.05) is 5.75 Å². The van der Waals surface area contributed by atoms with Crippen LogP contribution in [-0.2, 0) is 10.0 Å². The average molecular weight is 353 g/mol. The lowest BCUT2D eigenvalue weighted by molar-refractivity contribution is -0.130. The molecule has 1 saturated carbocycles. The number of halogens is 3. The Morgan fingerprint density at radius 1 is 1.22 bits per heavy atom. The first-order chi connectivity index (χ1) is 10.7. The summed E-state index contributed by atoms with van der Waals surface area (Å²) in [5, 5.41) is 0. The van der Waals surface area contributed by atoms with Gasteiger partial charge in [-0.2, -0.15) is 13.2 Å². The van der Waals surface area contributed by atoms with Crippen molar-refractivity contribution < 1.29 is 26.3 Å². The number of hydrogen-bond donors (Lipinski definition) is 1. The third kappa shape index (κ3) is 6.69. The van der Waals surface area contributed by atoms with Crippen LogP contribution < -0.4 is 9.46 Å². The highest BCUT2D eigenvalue weighted by Crippen LogP contribution is 2.24. The van der Waals surface area contributed by atoms with Crippen LogP contribution in [0, 0.1) is 0 Å². The normalized spacial score (nSPS) is 22.7. The van der Waals surface area contributed by atoms with Gasteiger partial charge in [0.05, 0.1) is 18.4 Å². The molecule has 1 aromatic rings. The smallest absolute Gasteiger partial charge is 0.390 e. The van der Waals surface area contributed by atoms with Crippen molar-refractivity contribution >= 4 is 10.0 Å². The zero-order valence-corrected chi connectivity index (χ0v) is 13.1. The molecule has 0 radical (unpaired) electrons. The number of alkyl halides is 3. The van der Waals surface area contributed by atoms with E-state index in [0.717, 1.165) is 0 Å². The Morgan fingerprint density at radius 2 is 1.91 bits per heavy atom. The highest BCUT2D eigenvalue weighted by atomic mass is 32.2. The van der Waals surface area contributed by atoms with E-state index in [4.69, 9.17) is 4.74 Å². The third-order valence-corrected chi connectivity index (χ3v) is 4.94. The fourth-order valence-corrected chi connectivity index (χ4v) is 3.74. The second-order valence-corrected chi connectivity index (χ2v) is 7.31. The quantitative estimate of drug-likeness (QED) is 0.846. The molecule has 23 heavy (non-hydrogen) atoms. The maximum absolute atomic E-state index is 12.1. The van der Waals surface area contributed by atoms with Crippen molar-refractivity contribution in [1.29, 1.82) is 0 Å². The zero-order chi connectivity index (χ0) is 16.9. The second kappa shape index (κ2) is 7.43. The van der Waals surface area contributed by atoms with Crippen molar-refractivity contribution in [3.8, 4) is 5.88 Å². The Labute approximate surface area is 132 Å². The molecule has 0 amide bonds. The van der Waals surface area contributed by atoms with Crippen molar-refractivity contribution in [3.63, 3.8) is 0 Å². The number of rotatable bonds is 6. The summed E-state index contributed by atoms with van der Waals surface area (Å²) in [7, 11) is -3.92. The molecule has 0 bridgehead atoms. The van der Waals surface area contributed by atoms with Gasteiger partial charge in [-0.1, -0.05) is 0 Å². The molecular weight excluding hydrogens is 335 g/mol. The van der Waals surface area contributed by atoms with Crippen LogP contribution in [0.4, 0.5) is 13.2 Å². The van der Waals surface area contributed by atoms with Crippen molar-refractivity contribution in [2.45, 2.75) is 50.4 Å². The Bertz CT molecular complexity index is 587. The number of aromatic nitrogens is 2. The molecule has 0 aromatic carbocycles. The van der Waals surface area contributed by atoms with Crippen LogP contribution in [-0.4, -0.2) is 42.5 Å².